The molecular weight excluding hydrogens is 513 g/mol. The molecule has 0 spiro atoms. The van der Waals surface area contributed by atoms with Gasteiger partial charge in [0.1, 0.15) is 12.3 Å². The molecule has 0 bridgehead atoms. The Kier molecular flexibility index (Phi) is 6.67. The molecule has 0 atom stereocenters. The van der Waals surface area contributed by atoms with Crippen molar-refractivity contribution >= 4 is 28.5 Å². The molecular formula is C28H25F3N4O4. The van der Waals surface area contributed by atoms with Gasteiger partial charge in [-0.1, -0.05) is 24.3 Å². The second-order valence-electron chi connectivity index (χ2n) is 9.50. The van der Waals surface area contributed by atoms with Crippen molar-refractivity contribution in [2.75, 3.05) is 5.32 Å². The zero-order valence-corrected chi connectivity index (χ0v) is 20.9. The van der Waals surface area contributed by atoms with Crippen LogP contribution in [0.5, 0.6) is 5.75 Å². The second kappa shape index (κ2) is 9.97. The summed E-state index contributed by atoms with van der Waals surface area (Å²) >= 11 is 0. The van der Waals surface area contributed by atoms with Crippen LogP contribution in [-0.2, 0) is 23.9 Å². The standard InChI is InChI=1S/C28H25F3N4O4/c1-34-22-5-2-3-6-23(22)35(26(34)38)17-24(36)33-27(15-4-16-27)19-9-11-20(12-10-19)32-25(37)18-7-13-21(14-8-18)39-28(29,30)31/h2-3,5-14H,4,15-17H2,1H3,(H,32,37)(H,33,36). The van der Waals surface area contributed by atoms with E-state index in [1.807, 2.05) is 30.3 Å². The number of amides is 2. The molecule has 202 valence electrons. The lowest BCUT2D eigenvalue weighted by Crippen LogP contribution is -2.52. The van der Waals surface area contributed by atoms with Gasteiger partial charge in [0.2, 0.25) is 5.91 Å². The molecule has 3 aromatic carbocycles. The fourth-order valence-electron chi connectivity index (χ4n) is 4.87. The first-order chi connectivity index (χ1) is 18.5. The zero-order chi connectivity index (χ0) is 27.8. The third-order valence-corrected chi connectivity index (χ3v) is 6.98. The van der Waals surface area contributed by atoms with Gasteiger partial charge in [0.25, 0.3) is 5.91 Å². The van der Waals surface area contributed by atoms with Crippen molar-refractivity contribution in [1.82, 2.24) is 14.5 Å². The Hall–Kier alpha value is -4.54. The van der Waals surface area contributed by atoms with E-state index >= 15 is 0 Å². The molecule has 8 nitrogen and oxygen atoms in total. The third kappa shape index (κ3) is 5.38. The van der Waals surface area contributed by atoms with Crippen LogP contribution < -0.4 is 21.1 Å². The number of alkyl halides is 3. The van der Waals surface area contributed by atoms with Crippen LogP contribution in [0.4, 0.5) is 18.9 Å². The summed E-state index contributed by atoms with van der Waals surface area (Å²) < 4.78 is 43.8. The van der Waals surface area contributed by atoms with Crippen molar-refractivity contribution in [3.8, 4) is 5.75 Å². The first-order valence-corrected chi connectivity index (χ1v) is 12.3. The Labute approximate surface area is 221 Å². The Bertz CT molecular complexity index is 1580. The van der Waals surface area contributed by atoms with Crippen LogP contribution in [0.25, 0.3) is 11.0 Å². The molecule has 0 saturated heterocycles. The van der Waals surface area contributed by atoms with Crippen LogP contribution in [0.1, 0.15) is 35.2 Å². The van der Waals surface area contributed by atoms with Crippen LogP contribution in [0.3, 0.4) is 0 Å². The van der Waals surface area contributed by atoms with E-state index in [9.17, 15) is 27.6 Å². The number of carbonyl (C=O) groups is 2. The zero-order valence-electron chi connectivity index (χ0n) is 20.9. The van der Waals surface area contributed by atoms with Crippen molar-refractivity contribution < 1.29 is 27.5 Å². The number of aromatic nitrogens is 2. The number of anilines is 1. The Morgan fingerprint density at radius 3 is 2.18 bits per heavy atom. The summed E-state index contributed by atoms with van der Waals surface area (Å²) in [4.78, 5) is 38.3. The minimum atomic E-state index is -4.81. The van der Waals surface area contributed by atoms with E-state index in [4.69, 9.17) is 0 Å². The molecule has 4 aromatic rings. The van der Waals surface area contributed by atoms with Gasteiger partial charge in [-0.05, 0) is 73.4 Å². The van der Waals surface area contributed by atoms with E-state index in [1.165, 1.54) is 21.3 Å². The van der Waals surface area contributed by atoms with Gasteiger partial charge in [0.05, 0.1) is 16.6 Å². The highest BCUT2D eigenvalue weighted by molar-refractivity contribution is 6.04. The number of hydrogen-bond donors (Lipinski definition) is 2. The number of nitrogens with one attached hydrogen (secondary N) is 2. The minimum Gasteiger partial charge on any atom is -0.406 e. The topological polar surface area (TPSA) is 94.4 Å². The van der Waals surface area contributed by atoms with E-state index in [1.54, 1.807) is 25.2 Å². The quantitative estimate of drug-likeness (QED) is 0.357. The van der Waals surface area contributed by atoms with Crippen molar-refractivity contribution in [3.63, 3.8) is 0 Å². The second-order valence-corrected chi connectivity index (χ2v) is 9.50. The summed E-state index contributed by atoms with van der Waals surface area (Å²) in [5.41, 5.74) is 2.13. The number of halogens is 3. The number of fused-ring (bicyclic) bond motifs is 1. The maximum absolute atomic E-state index is 13.1. The Balaban J connectivity index is 1.25. The van der Waals surface area contributed by atoms with Crippen LogP contribution in [-0.4, -0.2) is 27.3 Å². The van der Waals surface area contributed by atoms with Crippen LogP contribution in [0, 0.1) is 0 Å². The lowest BCUT2D eigenvalue weighted by atomic mass is 9.71. The maximum atomic E-state index is 13.1. The van der Waals surface area contributed by atoms with Crippen molar-refractivity contribution in [1.29, 1.82) is 0 Å². The number of hydrogen-bond acceptors (Lipinski definition) is 4. The minimum absolute atomic E-state index is 0.108. The third-order valence-electron chi connectivity index (χ3n) is 6.98. The van der Waals surface area contributed by atoms with Crippen LogP contribution in [0.2, 0.25) is 0 Å². The molecule has 1 heterocycles. The SMILES string of the molecule is Cn1c(=O)n(CC(=O)NC2(c3ccc(NC(=O)c4ccc(OC(F)(F)F)cc4)cc3)CCC2)c2ccccc21. The van der Waals surface area contributed by atoms with E-state index in [0.717, 1.165) is 42.5 Å². The van der Waals surface area contributed by atoms with Crippen molar-refractivity contribution in [3.05, 3.63) is 94.4 Å². The van der Waals surface area contributed by atoms with Gasteiger partial charge < -0.3 is 15.4 Å². The van der Waals surface area contributed by atoms with Gasteiger partial charge in [-0.15, -0.1) is 13.2 Å². The molecule has 11 heteroatoms. The van der Waals surface area contributed by atoms with Gasteiger partial charge in [-0.2, -0.15) is 0 Å². The molecule has 39 heavy (non-hydrogen) atoms. The van der Waals surface area contributed by atoms with Crippen LogP contribution >= 0.6 is 0 Å². The number of ether oxygens (including phenoxy) is 1. The highest BCUT2D eigenvalue weighted by atomic mass is 19.4. The number of aryl methyl sites for hydroxylation is 1. The number of carbonyl (C=O) groups excluding carboxylic acids is 2. The smallest absolute Gasteiger partial charge is 0.406 e. The summed E-state index contributed by atoms with van der Waals surface area (Å²) in [6.07, 6.45) is -2.40. The van der Waals surface area contributed by atoms with Crippen molar-refractivity contribution in [2.45, 2.75) is 37.7 Å². The normalized spacial score (nSPS) is 14.5. The first-order valence-electron chi connectivity index (χ1n) is 12.3. The molecule has 1 aliphatic carbocycles. The summed E-state index contributed by atoms with van der Waals surface area (Å²) in [7, 11) is 1.67. The fourth-order valence-corrected chi connectivity index (χ4v) is 4.87. The number of nitrogens with zero attached hydrogens (tertiary/aromatic N) is 2. The van der Waals surface area contributed by atoms with Gasteiger partial charge >= 0.3 is 12.1 Å². The van der Waals surface area contributed by atoms with E-state index < -0.39 is 23.6 Å². The van der Waals surface area contributed by atoms with E-state index in [2.05, 4.69) is 15.4 Å². The molecule has 0 aliphatic heterocycles. The molecule has 2 N–H and O–H groups in total. The van der Waals surface area contributed by atoms with Crippen molar-refractivity contribution in [2.24, 2.45) is 7.05 Å². The lowest BCUT2D eigenvalue weighted by Gasteiger charge is -2.43. The molecule has 1 aliphatic rings. The van der Waals surface area contributed by atoms with Gasteiger partial charge in [0.15, 0.2) is 0 Å². The summed E-state index contributed by atoms with van der Waals surface area (Å²) in [5.74, 6) is -1.18. The van der Waals surface area contributed by atoms with Gasteiger partial charge in [0, 0.05) is 18.3 Å². The van der Waals surface area contributed by atoms with E-state index in [-0.39, 0.29) is 23.7 Å². The fraction of sp³-hybridized carbons (Fsp3) is 0.250. The monoisotopic (exact) mass is 538 g/mol. The molecule has 0 unspecified atom stereocenters. The predicted octanol–water partition coefficient (Wildman–Crippen LogP) is 4.69. The number of benzene rings is 3. The molecule has 2 amide bonds. The van der Waals surface area contributed by atoms with Crippen LogP contribution in [0.15, 0.2) is 77.6 Å². The molecule has 1 fully saturated rings. The summed E-state index contributed by atoms with van der Waals surface area (Å²) in [6.45, 7) is -0.108. The van der Waals surface area contributed by atoms with E-state index in [0.29, 0.717) is 11.2 Å². The lowest BCUT2D eigenvalue weighted by molar-refractivity contribution is -0.274. The Morgan fingerprint density at radius 2 is 1.59 bits per heavy atom. The highest BCUT2D eigenvalue weighted by Gasteiger charge is 2.40. The molecule has 5 rings (SSSR count). The number of rotatable bonds is 7. The largest absolute Gasteiger partial charge is 0.573 e. The number of imidazole rings is 1. The highest BCUT2D eigenvalue weighted by Crippen LogP contribution is 2.41. The first kappa shape index (κ1) is 26.1. The predicted molar refractivity (Wildman–Crippen MR) is 138 cm³/mol. The summed E-state index contributed by atoms with van der Waals surface area (Å²) in [6, 6.07) is 19.0. The molecule has 0 radical (unpaired) electrons. The summed E-state index contributed by atoms with van der Waals surface area (Å²) in [5, 5.41) is 5.83. The molecule has 1 aromatic heterocycles. The van der Waals surface area contributed by atoms with Gasteiger partial charge in [-0.3, -0.25) is 18.7 Å². The Morgan fingerprint density at radius 1 is 0.949 bits per heavy atom. The maximum Gasteiger partial charge on any atom is 0.573 e. The molecule has 1 saturated carbocycles. The van der Waals surface area contributed by atoms with Gasteiger partial charge in [-0.25, -0.2) is 4.79 Å². The average Bonchev–Trinajstić information content (AvgIpc) is 3.11. The number of para-hydroxylation sites is 2. The average molecular weight is 539 g/mol.